The maximum atomic E-state index is 13.1. The molecule has 0 atom stereocenters. The van der Waals surface area contributed by atoms with Crippen LogP contribution in [-0.2, 0) is 0 Å². The molecule has 0 radical (unpaired) electrons. The van der Waals surface area contributed by atoms with Gasteiger partial charge in [-0.1, -0.05) is 60.2 Å². The van der Waals surface area contributed by atoms with E-state index in [1.807, 2.05) is 48.5 Å². The second-order valence-electron chi connectivity index (χ2n) is 6.73. The van der Waals surface area contributed by atoms with Gasteiger partial charge in [0.1, 0.15) is 0 Å². The van der Waals surface area contributed by atoms with Crippen molar-refractivity contribution < 1.29 is 4.79 Å². The van der Waals surface area contributed by atoms with Gasteiger partial charge in [0.05, 0.1) is 22.6 Å². The molecule has 0 saturated carbocycles. The number of aromatic nitrogens is 2. The van der Waals surface area contributed by atoms with Gasteiger partial charge >= 0.3 is 0 Å². The summed E-state index contributed by atoms with van der Waals surface area (Å²) < 4.78 is 0. The number of hydrogen-bond acceptors (Lipinski definition) is 3. The first kappa shape index (κ1) is 15.6. The van der Waals surface area contributed by atoms with E-state index >= 15 is 0 Å². The highest BCUT2D eigenvalue weighted by Gasteiger charge is 2.31. The van der Waals surface area contributed by atoms with E-state index in [0.717, 1.165) is 33.8 Å². The first-order valence-corrected chi connectivity index (χ1v) is 8.90. The lowest BCUT2D eigenvalue weighted by Gasteiger charge is -2.11. The van der Waals surface area contributed by atoms with Gasteiger partial charge in [-0.15, -0.1) is 0 Å². The van der Waals surface area contributed by atoms with Crippen LogP contribution in [0.5, 0.6) is 0 Å². The summed E-state index contributed by atoms with van der Waals surface area (Å²) in [4.78, 5) is 22.4. The van der Waals surface area contributed by atoms with Crippen LogP contribution in [-0.4, -0.2) is 15.8 Å². The zero-order valence-corrected chi connectivity index (χ0v) is 14.8. The zero-order valence-electron chi connectivity index (χ0n) is 14.8. The molecule has 0 aliphatic heterocycles. The topological polar surface area (TPSA) is 42.9 Å². The maximum Gasteiger partial charge on any atom is 0.196 e. The molecule has 3 nitrogen and oxygen atoms in total. The molecule has 0 fully saturated rings. The number of pyridine rings is 2. The Morgan fingerprint density at radius 2 is 1.48 bits per heavy atom. The Balaban J connectivity index is 1.83. The predicted octanol–water partition coefficient (Wildman–Crippen LogP) is 5.33. The van der Waals surface area contributed by atoms with E-state index < -0.39 is 0 Å². The van der Waals surface area contributed by atoms with Crippen LogP contribution >= 0.6 is 0 Å². The van der Waals surface area contributed by atoms with E-state index in [0.29, 0.717) is 11.1 Å². The Kier molecular flexibility index (Phi) is 3.47. The molecule has 0 unspecified atom stereocenters. The van der Waals surface area contributed by atoms with E-state index in [-0.39, 0.29) is 5.78 Å². The fourth-order valence-corrected chi connectivity index (χ4v) is 3.60. The fraction of sp³-hybridized carbons (Fsp3) is 0.0417. The van der Waals surface area contributed by atoms with Crippen molar-refractivity contribution >= 4 is 5.78 Å². The molecule has 0 saturated heterocycles. The van der Waals surface area contributed by atoms with Crippen molar-refractivity contribution in [1.29, 1.82) is 0 Å². The number of nitrogens with zero attached hydrogens (tertiary/aromatic N) is 2. The molecule has 2 aromatic carbocycles. The Morgan fingerprint density at radius 3 is 2.22 bits per heavy atom. The molecule has 2 heterocycles. The molecule has 3 heteroatoms. The monoisotopic (exact) mass is 348 g/mol. The first-order valence-electron chi connectivity index (χ1n) is 8.90. The largest absolute Gasteiger partial charge is 0.288 e. The second kappa shape index (κ2) is 5.99. The van der Waals surface area contributed by atoms with Crippen LogP contribution in [0, 0.1) is 6.92 Å². The lowest BCUT2D eigenvalue weighted by molar-refractivity contribution is 0.104. The molecule has 1 aliphatic carbocycles. The van der Waals surface area contributed by atoms with Crippen LogP contribution in [0.1, 0.15) is 21.5 Å². The summed E-state index contributed by atoms with van der Waals surface area (Å²) >= 11 is 0. The molecule has 0 amide bonds. The van der Waals surface area contributed by atoms with E-state index in [4.69, 9.17) is 4.98 Å². The maximum absolute atomic E-state index is 13.1. The normalized spacial score (nSPS) is 12.0. The van der Waals surface area contributed by atoms with Crippen LogP contribution < -0.4 is 0 Å². The van der Waals surface area contributed by atoms with Gasteiger partial charge in [-0.2, -0.15) is 0 Å². The van der Waals surface area contributed by atoms with Gasteiger partial charge in [-0.25, -0.2) is 4.98 Å². The van der Waals surface area contributed by atoms with Crippen molar-refractivity contribution in [1.82, 2.24) is 9.97 Å². The summed E-state index contributed by atoms with van der Waals surface area (Å²) in [6.07, 6.45) is 1.76. The van der Waals surface area contributed by atoms with Crippen molar-refractivity contribution in [3.63, 3.8) is 0 Å². The van der Waals surface area contributed by atoms with E-state index in [2.05, 4.69) is 36.2 Å². The molecular weight excluding hydrogens is 332 g/mol. The number of rotatable bonds is 2. The number of carbonyl (C=O) groups excluding carboxylic acids is 1. The van der Waals surface area contributed by atoms with Gasteiger partial charge in [-0.3, -0.25) is 9.78 Å². The average molecular weight is 348 g/mol. The van der Waals surface area contributed by atoms with Crippen molar-refractivity contribution in [2.45, 2.75) is 6.92 Å². The molecule has 128 valence electrons. The highest BCUT2D eigenvalue weighted by molar-refractivity contribution is 6.24. The number of aryl methyl sites for hydroxylation is 1. The van der Waals surface area contributed by atoms with Crippen molar-refractivity contribution in [2.75, 3.05) is 0 Å². The van der Waals surface area contributed by atoms with Gasteiger partial charge in [0, 0.05) is 17.3 Å². The standard InChI is InChI=1S/C24H16N2O/c1-15-9-11-16(12-10-15)19-14-21(20-8-4-5-13-25-20)26-23-17-6-2-3-7-18(17)24(27)22(19)23/h2-14H,1H3. The fourth-order valence-electron chi connectivity index (χ4n) is 3.60. The SMILES string of the molecule is Cc1ccc(-c2cc(-c3ccccn3)nc3c2C(=O)c2ccccc2-3)cc1. The third-order valence-electron chi connectivity index (χ3n) is 4.96. The van der Waals surface area contributed by atoms with E-state index in [1.54, 1.807) is 6.20 Å². The van der Waals surface area contributed by atoms with Crippen LogP contribution in [0.25, 0.3) is 33.8 Å². The summed E-state index contributed by atoms with van der Waals surface area (Å²) in [6.45, 7) is 2.06. The number of carbonyl (C=O) groups is 1. The van der Waals surface area contributed by atoms with Crippen LogP contribution in [0.4, 0.5) is 0 Å². The Hall–Kier alpha value is -3.59. The molecule has 2 aromatic heterocycles. The first-order chi connectivity index (χ1) is 13.2. The van der Waals surface area contributed by atoms with Crippen molar-refractivity contribution in [2.24, 2.45) is 0 Å². The smallest absolute Gasteiger partial charge is 0.196 e. The molecule has 0 bridgehead atoms. The highest BCUT2D eigenvalue weighted by atomic mass is 16.1. The van der Waals surface area contributed by atoms with Gasteiger partial charge < -0.3 is 0 Å². The van der Waals surface area contributed by atoms with Gasteiger partial charge in [-0.05, 0) is 36.2 Å². The lowest BCUT2D eigenvalue weighted by atomic mass is 9.96. The Morgan fingerprint density at radius 1 is 0.741 bits per heavy atom. The zero-order chi connectivity index (χ0) is 18.4. The Bertz CT molecular complexity index is 1180. The minimum atomic E-state index is 0.0382. The Labute approximate surface area is 157 Å². The van der Waals surface area contributed by atoms with Gasteiger partial charge in [0.15, 0.2) is 5.78 Å². The van der Waals surface area contributed by atoms with Crippen LogP contribution in [0.15, 0.2) is 79.0 Å². The second-order valence-corrected chi connectivity index (χ2v) is 6.73. The quantitative estimate of drug-likeness (QED) is 0.433. The highest BCUT2D eigenvalue weighted by Crippen LogP contribution is 2.42. The number of ketones is 1. The number of benzene rings is 2. The van der Waals surface area contributed by atoms with Crippen molar-refractivity contribution in [3.05, 3.63) is 95.7 Å². The predicted molar refractivity (Wildman–Crippen MR) is 107 cm³/mol. The van der Waals surface area contributed by atoms with Crippen LogP contribution in [0.3, 0.4) is 0 Å². The van der Waals surface area contributed by atoms with E-state index in [9.17, 15) is 4.79 Å². The summed E-state index contributed by atoms with van der Waals surface area (Å²) in [7, 11) is 0. The average Bonchev–Trinajstić information content (AvgIpc) is 3.01. The molecule has 0 spiro atoms. The third kappa shape index (κ3) is 2.48. The summed E-state index contributed by atoms with van der Waals surface area (Å²) in [6, 6.07) is 23.7. The molecule has 0 N–H and O–H groups in total. The van der Waals surface area contributed by atoms with Crippen molar-refractivity contribution in [3.8, 4) is 33.8 Å². The third-order valence-corrected chi connectivity index (χ3v) is 4.96. The summed E-state index contributed by atoms with van der Waals surface area (Å²) in [5.41, 5.74) is 7.70. The number of hydrogen-bond donors (Lipinski definition) is 0. The molecule has 4 aromatic rings. The minimum Gasteiger partial charge on any atom is -0.288 e. The summed E-state index contributed by atoms with van der Waals surface area (Å²) in [5, 5.41) is 0. The lowest BCUT2D eigenvalue weighted by Crippen LogP contribution is -2.01. The van der Waals surface area contributed by atoms with Gasteiger partial charge in [0.2, 0.25) is 0 Å². The molecule has 27 heavy (non-hydrogen) atoms. The van der Waals surface area contributed by atoms with Gasteiger partial charge in [0.25, 0.3) is 0 Å². The minimum absolute atomic E-state index is 0.0382. The van der Waals surface area contributed by atoms with E-state index in [1.165, 1.54) is 5.56 Å². The van der Waals surface area contributed by atoms with Crippen LogP contribution in [0.2, 0.25) is 0 Å². The summed E-state index contributed by atoms with van der Waals surface area (Å²) in [5.74, 6) is 0.0382. The molecule has 1 aliphatic rings. The molecule has 5 rings (SSSR count). The number of fused-ring (bicyclic) bond motifs is 3. The molecular formula is C24H16N2O.